The van der Waals surface area contributed by atoms with Crippen molar-refractivity contribution < 1.29 is 4.79 Å². The van der Waals surface area contributed by atoms with E-state index in [4.69, 9.17) is 0 Å². The van der Waals surface area contributed by atoms with E-state index in [9.17, 15) is 4.79 Å². The quantitative estimate of drug-likeness (QED) is 0.517. The van der Waals surface area contributed by atoms with Crippen LogP contribution in [0.4, 0.5) is 0 Å². The molecule has 144 valence electrons. The number of carbonyl (C=O) groups excluding carboxylic acids is 1. The molecule has 6 heteroatoms. The molecule has 3 rings (SSSR count). The van der Waals surface area contributed by atoms with Gasteiger partial charge in [0.15, 0.2) is 0 Å². The van der Waals surface area contributed by atoms with Crippen LogP contribution in [0.1, 0.15) is 42.8 Å². The summed E-state index contributed by atoms with van der Waals surface area (Å²) in [6, 6.07) is 20.1. The molecule has 28 heavy (non-hydrogen) atoms. The summed E-state index contributed by atoms with van der Waals surface area (Å²) >= 11 is 1.33. The number of amides is 1. The molecule has 0 aliphatic heterocycles. The van der Waals surface area contributed by atoms with Crippen molar-refractivity contribution in [3.63, 3.8) is 0 Å². The van der Waals surface area contributed by atoms with E-state index in [2.05, 4.69) is 27.4 Å². The zero-order valence-corrected chi connectivity index (χ0v) is 16.7. The van der Waals surface area contributed by atoms with Crippen molar-refractivity contribution in [1.82, 2.24) is 20.5 Å². The number of rotatable bonds is 9. The fraction of sp³-hybridized carbons (Fsp3) is 0.227. The van der Waals surface area contributed by atoms with Crippen LogP contribution in [0.5, 0.6) is 0 Å². The lowest BCUT2D eigenvalue weighted by molar-refractivity contribution is -0.119. The van der Waals surface area contributed by atoms with Gasteiger partial charge in [-0.1, -0.05) is 91.8 Å². The molecule has 2 N–H and O–H groups in total. The normalized spacial score (nSPS) is 12.2. The maximum absolute atomic E-state index is 12.4. The Kier molecular flexibility index (Phi) is 7.44. The van der Waals surface area contributed by atoms with E-state index in [0.717, 1.165) is 24.0 Å². The monoisotopic (exact) mass is 392 g/mol. The molecule has 0 aliphatic rings. The molecule has 0 fully saturated rings. The Bertz CT molecular complexity index is 893. The molecule has 1 heterocycles. The number of aromatic amines is 1. The van der Waals surface area contributed by atoms with E-state index >= 15 is 0 Å². The smallest absolute Gasteiger partial charge is 0.230 e. The van der Waals surface area contributed by atoms with Gasteiger partial charge in [-0.3, -0.25) is 9.89 Å². The van der Waals surface area contributed by atoms with Crippen molar-refractivity contribution in [3.05, 3.63) is 77.6 Å². The lowest BCUT2D eigenvalue weighted by Gasteiger charge is -2.18. The van der Waals surface area contributed by atoms with E-state index in [1.165, 1.54) is 11.8 Å². The summed E-state index contributed by atoms with van der Waals surface area (Å²) in [5.41, 5.74) is 2.23. The highest BCUT2D eigenvalue weighted by atomic mass is 32.2. The number of nitrogens with zero attached hydrogens (tertiary/aromatic N) is 2. The molecule has 0 radical (unpaired) electrons. The topological polar surface area (TPSA) is 70.7 Å². The van der Waals surface area contributed by atoms with Crippen LogP contribution in [0.3, 0.4) is 0 Å². The third kappa shape index (κ3) is 6.09. The number of hydrogen-bond donors (Lipinski definition) is 2. The Morgan fingerprint density at radius 3 is 2.54 bits per heavy atom. The van der Waals surface area contributed by atoms with Gasteiger partial charge in [-0.2, -0.15) is 0 Å². The zero-order valence-electron chi connectivity index (χ0n) is 15.8. The standard InChI is InChI=1S/C22H24N4OS/c1-2-9-19(18-12-7-4-8-13-18)23-21(27)16-28-22-24-20(25-26-22)15-14-17-10-5-3-6-11-17/h3-8,10-15,19H,2,9,16H2,1H3,(H,23,27)(H,24,25,26)/b15-14+. The van der Waals surface area contributed by atoms with Gasteiger partial charge < -0.3 is 5.32 Å². The van der Waals surface area contributed by atoms with Crippen LogP contribution in [0.25, 0.3) is 12.2 Å². The van der Waals surface area contributed by atoms with Crippen molar-refractivity contribution in [1.29, 1.82) is 0 Å². The third-order valence-corrected chi connectivity index (χ3v) is 5.01. The van der Waals surface area contributed by atoms with Crippen LogP contribution in [0.2, 0.25) is 0 Å². The van der Waals surface area contributed by atoms with Crippen molar-refractivity contribution in [2.45, 2.75) is 31.0 Å². The van der Waals surface area contributed by atoms with E-state index < -0.39 is 0 Å². The molecule has 0 aliphatic carbocycles. The van der Waals surface area contributed by atoms with Gasteiger partial charge in [0.05, 0.1) is 11.8 Å². The molecule has 0 saturated carbocycles. The van der Waals surface area contributed by atoms with Crippen LogP contribution in [0, 0.1) is 0 Å². The number of aromatic nitrogens is 3. The minimum absolute atomic E-state index is 0.0153. The Morgan fingerprint density at radius 1 is 1.11 bits per heavy atom. The van der Waals surface area contributed by atoms with Gasteiger partial charge in [-0.05, 0) is 23.6 Å². The molecular weight excluding hydrogens is 368 g/mol. The van der Waals surface area contributed by atoms with Crippen molar-refractivity contribution in [2.24, 2.45) is 0 Å². The van der Waals surface area contributed by atoms with Crippen LogP contribution >= 0.6 is 11.8 Å². The van der Waals surface area contributed by atoms with Gasteiger partial charge in [0.2, 0.25) is 11.1 Å². The molecule has 1 unspecified atom stereocenters. The van der Waals surface area contributed by atoms with Crippen LogP contribution in [-0.2, 0) is 4.79 Å². The summed E-state index contributed by atoms with van der Waals surface area (Å²) < 4.78 is 0. The van der Waals surface area contributed by atoms with Gasteiger partial charge in [0, 0.05) is 0 Å². The third-order valence-electron chi connectivity index (χ3n) is 4.16. The maximum Gasteiger partial charge on any atom is 0.230 e. The molecule has 2 aromatic carbocycles. The molecule has 1 amide bonds. The van der Waals surface area contributed by atoms with Crippen molar-refractivity contribution in [2.75, 3.05) is 5.75 Å². The number of thioether (sulfide) groups is 1. The minimum atomic E-state index is -0.0153. The molecule has 1 atom stereocenters. The van der Waals surface area contributed by atoms with Crippen LogP contribution < -0.4 is 5.32 Å². The highest BCUT2D eigenvalue weighted by molar-refractivity contribution is 7.99. The van der Waals surface area contributed by atoms with E-state index in [1.54, 1.807) is 0 Å². The summed E-state index contributed by atoms with van der Waals surface area (Å²) in [6.07, 6.45) is 5.76. The number of hydrogen-bond acceptors (Lipinski definition) is 4. The second-order valence-electron chi connectivity index (χ2n) is 6.36. The first-order valence-corrected chi connectivity index (χ1v) is 10.4. The molecule has 5 nitrogen and oxygen atoms in total. The summed E-state index contributed by atoms with van der Waals surface area (Å²) in [4.78, 5) is 16.8. The molecular formula is C22H24N4OS. The molecule has 1 aromatic heterocycles. The number of nitrogens with one attached hydrogen (secondary N) is 2. The van der Waals surface area contributed by atoms with Gasteiger partial charge in [0.25, 0.3) is 0 Å². The highest BCUT2D eigenvalue weighted by Gasteiger charge is 2.14. The van der Waals surface area contributed by atoms with Crippen LogP contribution in [-0.4, -0.2) is 26.8 Å². The van der Waals surface area contributed by atoms with Crippen molar-refractivity contribution >= 4 is 29.8 Å². The first-order valence-electron chi connectivity index (χ1n) is 9.37. The van der Waals surface area contributed by atoms with E-state index in [0.29, 0.717) is 11.0 Å². The highest BCUT2D eigenvalue weighted by Crippen LogP contribution is 2.19. The lowest BCUT2D eigenvalue weighted by Crippen LogP contribution is -2.29. The van der Waals surface area contributed by atoms with Gasteiger partial charge in [0.1, 0.15) is 5.82 Å². The van der Waals surface area contributed by atoms with E-state index in [-0.39, 0.29) is 17.7 Å². The molecule has 0 saturated heterocycles. The fourth-order valence-electron chi connectivity index (χ4n) is 2.80. The van der Waals surface area contributed by atoms with Crippen LogP contribution in [0.15, 0.2) is 65.8 Å². The molecule has 3 aromatic rings. The second-order valence-corrected chi connectivity index (χ2v) is 7.30. The zero-order chi connectivity index (χ0) is 19.6. The number of carbonyl (C=O) groups is 1. The Balaban J connectivity index is 1.51. The van der Waals surface area contributed by atoms with Gasteiger partial charge >= 0.3 is 0 Å². The molecule has 0 spiro atoms. The van der Waals surface area contributed by atoms with Crippen molar-refractivity contribution in [3.8, 4) is 0 Å². The van der Waals surface area contributed by atoms with Gasteiger partial charge in [-0.15, -0.1) is 5.10 Å². The molecule has 0 bridgehead atoms. The first kappa shape index (κ1) is 19.9. The summed E-state index contributed by atoms with van der Waals surface area (Å²) in [7, 11) is 0. The van der Waals surface area contributed by atoms with Gasteiger partial charge in [-0.25, -0.2) is 4.98 Å². The summed E-state index contributed by atoms with van der Waals surface area (Å²) in [6.45, 7) is 2.12. The fourth-order valence-corrected chi connectivity index (χ4v) is 3.42. The average Bonchev–Trinajstić information content (AvgIpc) is 3.20. The SMILES string of the molecule is CCCC(NC(=O)CSc1n[nH]c(/C=C/c2ccccc2)n1)c1ccccc1. The lowest BCUT2D eigenvalue weighted by atomic mass is 10.0. The Morgan fingerprint density at radius 2 is 1.82 bits per heavy atom. The van der Waals surface area contributed by atoms with E-state index in [1.807, 2.05) is 72.8 Å². The predicted octanol–water partition coefficient (Wildman–Crippen LogP) is 4.72. The summed E-state index contributed by atoms with van der Waals surface area (Å²) in [5.74, 6) is 0.936. The minimum Gasteiger partial charge on any atom is -0.349 e. The second kappa shape index (κ2) is 10.5. The summed E-state index contributed by atoms with van der Waals surface area (Å²) in [5, 5.41) is 10.7. The number of H-pyrrole nitrogens is 1. The number of benzene rings is 2. The average molecular weight is 393 g/mol. The maximum atomic E-state index is 12.4. The Labute approximate surface area is 169 Å². The largest absolute Gasteiger partial charge is 0.349 e. The Hall–Kier alpha value is -2.86. The first-order chi connectivity index (χ1) is 13.7. The predicted molar refractivity (Wildman–Crippen MR) is 115 cm³/mol.